The first-order valence-electron chi connectivity index (χ1n) is 10.9. The first-order valence-corrected chi connectivity index (χ1v) is 10.9. The number of aromatic nitrogens is 4. The molecule has 7 nitrogen and oxygen atoms in total. The third-order valence-corrected chi connectivity index (χ3v) is 5.21. The van der Waals surface area contributed by atoms with Gasteiger partial charge in [-0.3, -0.25) is 4.98 Å². The molecule has 0 bridgehead atoms. The first kappa shape index (κ1) is 25.0. The second-order valence-electron chi connectivity index (χ2n) is 8.23. The minimum atomic E-state index is -4.65. The summed E-state index contributed by atoms with van der Waals surface area (Å²) in [7, 11) is 1.55. The van der Waals surface area contributed by atoms with Crippen molar-refractivity contribution < 1.29 is 27.0 Å². The zero-order valence-corrected chi connectivity index (χ0v) is 19.9. The third-order valence-electron chi connectivity index (χ3n) is 5.21. The molecule has 11 heteroatoms. The number of hydrogen-bond acceptors (Lipinski definition) is 6. The van der Waals surface area contributed by atoms with Crippen LogP contribution in [-0.2, 0) is 6.18 Å². The summed E-state index contributed by atoms with van der Waals surface area (Å²) in [6.07, 6.45) is -2.93. The van der Waals surface area contributed by atoms with E-state index in [1.807, 2.05) is 25.1 Å². The lowest BCUT2D eigenvalue weighted by Crippen LogP contribution is -2.08. The summed E-state index contributed by atoms with van der Waals surface area (Å²) in [6.45, 7) is 5.46. The molecule has 0 saturated heterocycles. The summed E-state index contributed by atoms with van der Waals surface area (Å²) >= 11 is 0. The van der Waals surface area contributed by atoms with Crippen LogP contribution < -0.4 is 14.8 Å². The fraction of sp³-hybridized carbons (Fsp3) is 0.240. The van der Waals surface area contributed by atoms with E-state index in [0.717, 1.165) is 16.8 Å². The number of nitrogens with zero attached hydrogens (tertiary/aromatic N) is 4. The lowest BCUT2D eigenvalue weighted by molar-refractivity contribution is -0.137. The molecule has 4 rings (SSSR count). The van der Waals surface area contributed by atoms with Gasteiger partial charge in [-0.25, -0.2) is 9.07 Å². The van der Waals surface area contributed by atoms with E-state index < -0.39 is 23.3 Å². The van der Waals surface area contributed by atoms with Gasteiger partial charge in [0.15, 0.2) is 11.6 Å². The van der Waals surface area contributed by atoms with Crippen LogP contribution in [0.2, 0.25) is 0 Å². The molecule has 1 N–H and O–H groups in total. The number of aryl methyl sites for hydroxylation is 1. The van der Waals surface area contributed by atoms with E-state index in [2.05, 4.69) is 20.4 Å². The summed E-state index contributed by atoms with van der Waals surface area (Å²) in [4.78, 5) is 8.43. The molecular formula is C25H23F4N5O2. The Balaban J connectivity index is 1.63. The largest absolute Gasteiger partial charge is 0.496 e. The van der Waals surface area contributed by atoms with Crippen LogP contribution in [0.4, 0.5) is 29.2 Å². The van der Waals surface area contributed by atoms with Gasteiger partial charge in [0, 0.05) is 29.2 Å². The van der Waals surface area contributed by atoms with Crippen molar-refractivity contribution in [2.24, 2.45) is 0 Å². The monoisotopic (exact) mass is 501 g/mol. The van der Waals surface area contributed by atoms with Crippen molar-refractivity contribution in [3.8, 4) is 28.6 Å². The summed E-state index contributed by atoms with van der Waals surface area (Å²) in [5, 5.41) is 7.36. The first-order chi connectivity index (χ1) is 17.0. The minimum absolute atomic E-state index is 0.112. The Morgan fingerprint density at radius 2 is 1.78 bits per heavy atom. The van der Waals surface area contributed by atoms with Crippen LogP contribution in [0.3, 0.4) is 0 Å². The van der Waals surface area contributed by atoms with Gasteiger partial charge in [0.25, 0.3) is 0 Å². The Bertz CT molecular complexity index is 1390. The molecule has 0 unspecified atom stereocenters. The van der Waals surface area contributed by atoms with Gasteiger partial charge in [-0.15, -0.1) is 5.10 Å². The second-order valence-corrected chi connectivity index (χ2v) is 8.23. The molecular weight excluding hydrogens is 478 g/mol. The minimum Gasteiger partial charge on any atom is -0.496 e. The van der Waals surface area contributed by atoms with E-state index in [-0.39, 0.29) is 18.0 Å². The van der Waals surface area contributed by atoms with Crippen molar-refractivity contribution >= 4 is 11.6 Å². The van der Waals surface area contributed by atoms with E-state index in [4.69, 9.17) is 9.47 Å². The highest BCUT2D eigenvalue weighted by Gasteiger charge is 2.32. The Kier molecular flexibility index (Phi) is 6.82. The molecule has 0 fully saturated rings. The molecule has 36 heavy (non-hydrogen) atoms. The summed E-state index contributed by atoms with van der Waals surface area (Å²) < 4.78 is 65.8. The van der Waals surface area contributed by atoms with Crippen LogP contribution in [0, 0.1) is 12.7 Å². The molecule has 0 aliphatic rings. The normalized spacial score (nSPS) is 11.6. The van der Waals surface area contributed by atoms with Crippen LogP contribution >= 0.6 is 0 Å². The van der Waals surface area contributed by atoms with Crippen molar-refractivity contribution in [1.82, 2.24) is 19.7 Å². The number of pyridine rings is 1. The molecule has 0 radical (unpaired) electrons. The number of halogens is 4. The van der Waals surface area contributed by atoms with E-state index in [9.17, 15) is 17.6 Å². The van der Waals surface area contributed by atoms with E-state index in [1.165, 1.54) is 4.68 Å². The third kappa shape index (κ3) is 5.40. The average Bonchev–Trinajstić information content (AvgIpc) is 3.22. The topological polar surface area (TPSA) is 74.1 Å². The maximum atomic E-state index is 14.2. The highest BCUT2D eigenvalue weighted by molar-refractivity contribution is 5.74. The molecule has 2 aromatic heterocycles. The molecule has 0 aliphatic carbocycles. The number of anilines is 2. The summed E-state index contributed by atoms with van der Waals surface area (Å²) in [6, 6.07) is 10.7. The smallest absolute Gasteiger partial charge is 0.416 e. The maximum absolute atomic E-state index is 14.2. The number of nitrogens with one attached hydrogen (secondary N) is 1. The fourth-order valence-corrected chi connectivity index (χ4v) is 3.47. The van der Waals surface area contributed by atoms with Gasteiger partial charge in [-0.1, -0.05) is 0 Å². The van der Waals surface area contributed by atoms with Crippen molar-refractivity contribution in [3.63, 3.8) is 0 Å². The van der Waals surface area contributed by atoms with E-state index in [0.29, 0.717) is 29.6 Å². The molecule has 0 saturated carbocycles. The average molecular weight is 501 g/mol. The molecule has 0 spiro atoms. The van der Waals surface area contributed by atoms with Crippen LogP contribution in [0.15, 0.2) is 54.7 Å². The molecule has 188 valence electrons. The zero-order chi connectivity index (χ0) is 26.0. The lowest BCUT2D eigenvalue weighted by Gasteiger charge is -2.12. The molecule has 2 aromatic carbocycles. The van der Waals surface area contributed by atoms with Gasteiger partial charge in [0.2, 0.25) is 5.95 Å². The van der Waals surface area contributed by atoms with Crippen LogP contribution in [0.25, 0.3) is 11.1 Å². The van der Waals surface area contributed by atoms with E-state index >= 15 is 0 Å². The molecule has 2 heterocycles. The van der Waals surface area contributed by atoms with Gasteiger partial charge in [-0.2, -0.15) is 18.2 Å². The molecule has 0 atom stereocenters. The van der Waals surface area contributed by atoms with Gasteiger partial charge < -0.3 is 14.8 Å². The van der Waals surface area contributed by atoms with Crippen molar-refractivity contribution in [3.05, 3.63) is 71.8 Å². The standard InChI is InChI=1S/C25H23F4N5O2/c1-14(2)34-24(36-22-12-17(25(27,28)29)5-8-20(22)26)32-23(33-34)31-18-6-7-19(21(13-18)35-4)16-9-10-30-15(3)11-16/h5-14H,1-4H3,(H,31,33). The van der Waals surface area contributed by atoms with Crippen LogP contribution in [0.1, 0.15) is 31.1 Å². The Morgan fingerprint density at radius 1 is 1.00 bits per heavy atom. The van der Waals surface area contributed by atoms with Crippen LogP contribution in [-0.4, -0.2) is 26.9 Å². The second kappa shape index (κ2) is 9.84. The number of methoxy groups -OCH3 is 1. The Hall–Kier alpha value is -4.15. The van der Waals surface area contributed by atoms with Crippen molar-refractivity contribution in [1.29, 1.82) is 0 Å². The number of hydrogen-bond donors (Lipinski definition) is 1. The van der Waals surface area contributed by atoms with Crippen molar-refractivity contribution in [2.45, 2.75) is 33.0 Å². The number of benzene rings is 2. The lowest BCUT2D eigenvalue weighted by atomic mass is 10.0. The summed E-state index contributed by atoms with van der Waals surface area (Å²) in [5.41, 5.74) is 2.22. The highest BCUT2D eigenvalue weighted by atomic mass is 19.4. The van der Waals surface area contributed by atoms with Gasteiger partial charge in [-0.05, 0) is 68.8 Å². The molecule has 0 amide bonds. The Labute approximate surface area is 204 Å². The predicted molar refractivity (Wildman–Crippen MR) is 126 cm³/mol. The maximum Gasteiger partial charge on any atom is 0.416 e. The van der Waals surface area contributed by atoms with Crippen molar-refractivity contribution in [2.75, 3.05) is 12.4 Å². The summed E-state index contributed by atoms with van der Waals surface area (Å²) in [5.74, 6) is -0.858. The number of ether oxygens (including phenoxy) is 2. The molecule has 4 aromatic rings. The van der Waals surface area contributed by atoms with Gasteiger partial charge in [0.1, 0.15) is 5.75 Å². The van der Waals surface area contributed by atoms with Crippen LogP contribution in [0.5, 0.6) is 17.5 Å². The predicted octanol–water partition coefficient (Wildman–Crippen LogP) is 6.93. The number of alkyl halides is 3. The Morgan fingerprint density at radius 3 is 2.44 bits per heavy atom. The highest BCUT2D eigenvalue weighted by Crippen LogP contribution is 2.36. The van der Waals surface area contributed by atoms with Gasteiger partial charge >= 0.3 is 12.2 Å². The van der Waals surface area contributed by atoms with Gasteiger partial charge in [0.05, 0.1) is 18.7 Å². The number of rotatable bonds is 7. The van der Waals surface area contributed by atoms with E-state index in [1.54, 1.807) is 39.3 Å². The zero-order valence-electron chi connectivity index (χ0n) is 19.9. The fourth-order valence-electron chi connectivity index (χ4n) is 3.47. The molecule has 0 aliphatic heterocycles. The SMILES string of the molecule is COc1cc(Nc2nc(Oc3cc(C(F)(F)F)ccc3F)n(C(C)C)n2)ccc1-c1ccnc(C)c1. The quantitative estimate of drug-likeness (QED) is 0.277.